The molecule has 0 fully saturated rings. The van der Waals surface area contributed by atoms with Gasteiger partial charge >= 0.3 is 0 Å². The van der Waals surface area contributed by atoms with E-state index in [-0.39, 0.29) is 18.2 Å². The maximum atomic E-state index is 12.4. The van der Waals surface area contributed by atoms with Gasteiger partial charge in [-0.25, -0.2) is 0 Å². The van der Waals surface area contributed by atoms with Gasteiger partial charge in [0.15, 0.2) is 0 Å². The van der Waals surface area contributed by atoms with Crippen molar-refractivity contribution in [2.75, 3.05) is 18.4 Å². The van der Waals surface area contributed by atoms with Crippen LogP contribution in [0.4, 0.5) is 5.69 Å². The molecule has 0 aliphatic heterocycles. The van der Waals surface area contributed by atoms with Crippen molar-refractivity contribution in [3.05, 3.63) is 65.4 Å². The van der Waals surface area contributed by atoms with Gasteiger partial charge in [-0.1, -0.05) is 30.3 Å². The number of carbonyl (C=O) groups excluding carboxylic acids is 2. The molecule has 0 radical (unpaired) electrons. The minimum atomic E-state index is -0.0768. The first-order valence-electron chi connectivity index (χ1n) is 9.61. The van der Waals surface area contributed by atoms with E-state index >= 15 is 0 Å². The van der Waals surface area contributed by atoms with E-state index in [4.69, 9.17) is 0 Å². The summed E-state index contributed by atoms with van der Waals surface area (Å²) in [5.74, 6) is -0.0913. The van der Waals surface area contributed by atoms with Gasteiger partial charge in [0.2, 0.25) is 11.8 Å². The van der Waals surface area contributed by atoms with Crippen molar-refractivity contribution in [1.82, 2.24) is 9.88 Å². The number of benzene rings is 2. The van der Waals surface area contributed by atoms with Gasteiger partial charge in [-0.2, -0.15) is 0 Å². The number of nitrogens with zero attached hydrogens (tertiary/aromatic N) is 1. The highest BCUT2D eigenvalue weighted by Gasteiger charge is 2.13. The summed E-state index contributed by atoms with van der Waals surface area (Å²) < 4.78 is 0. The first-order valence-corrected chi connectivity index (χ1v) is 9.61. The van der Waals surface area contributed by atoms with Gasteiger partial charge in [-0.15, -0.1) is 0 Å². The van der Waals surface area contributed by atoms with Crippen molar-refractivity contribution in [3.63, 3.8) is 0 Å². The Morgan fingerprint density at radius 3 is 2.64 bits per heavy atom. The van der Waals surface area contributed by atoms with Crippen LogP contribution in [0.3, 0.4) is 0 Å². The molecule has 0 bridgehead atoms. The van der Waals surface area contributed by atoms with E-state index in [1.54, 1.807) is 11.8 Å². The highest BCUT2D eigenvalue weighted by Crippen LogP contribution is 2.19. The molecule has 146 valence electrons. The third kappa shape index (κ3) is 4.80. The second kappa shape index (κ2) is 8.74. The van der Waals surface area contributed by atoms with Gasteiger partial charge in [0.25, 0.3) is 0 Å². The molecule has 3 rings (SSSR count). The van der Waals surface area contributed by atoms with Crippen LogP contribution < -0.4 is 5.32 Å². The van der Waals surface area contributed by atoms with Crippen molar-refractivity contribution in [2.45, 2.75) is 33.6 Å². The van der Waals surface area contributed by atoms with Crippen LogP contribution >= 0.6 is 0 Å². The Bertz CT molecular complexity index is 990. The zero-order valence-electron chi connectivity index (χ0n) is 16.7. The number of hydrogen-bond donors (Lipinski definition) is 2. The number of fused-ring (bicyclic) bond motifs is 1. The molecule has 0 spiro atoms. The lowest BCUT2D eigenvalue weighted by Gasteiger charge is -2.21. The highest BCUT2D eigenvalue weighted by molar-refractivity contribution is 5.92. The monoisotopic (exact) mass is 377 g/mol. The fourth-order valence-corrected chi connectivity index (χ4v) is 3.34. The lowest BCUT2D eigenvalue weighted by molar-refractivity contribution is -0.129. The van der Waals surface area contributed by atoms with E-state index in [0.717, 1.165) is 28.8 Å². The third-order valence-electron chi connectivity index (χ3n) is 5.05. The molecular weight excluding hydrogens is 350 g/mol. The molecule has 2 amide bonds. The molecule has 0 saturated carbocycles. The Balaban J connectivity index is 1.56. The number of nitrogens with one attached hydrogen (secondary N) is 2. The molecule has 2 N–H and O–H groups in total. The molecule has 0 aliphatic carbocycles. The van der Waals surface area contributed by atoms with Crippen LogP contribution in [0.2, 0.25) is 0 Å². The highest BCUT2D eigenvalue weighted by atomic mass is 16.2. The second-order valence-electron chi connectivity index (χ2n) is 7.23. The van der Waals surface area contributed by atoms with Gasteiger partial charge in [0, 0.05) is 49.2 Å². The molecule has 1 heterocycles. The summed E-state index contributed by atoms with van der Waals surface area (Å²) in [4.78, 5) is 29.4. The molecule has 0 aliphatic rings. The molecule has 28 heavy (non-hydrogen) atoms. The van der Waals surface area contributed by atoms with Crippen molar-refractivity contribution >= 4 is 28.4 Å². The summed E-state index contributed by atoms with van der Waals surface area (Å²) in [5.41, 5.74) is 5.24. The Kier molecular flexibility index (Phi) is 6.14. The minimum absolute atomic E-state index is 0.0145. The number of rotatable bonds is 7. The third-order valence-corrected chi connectivity index (χ3v) is 5.05. The Morgan fingerprint density at radius 2 is 1.86 bits per heavy atom. The van der Waals surface area contributed by atoms with Crippen LogP contribution in [0.15, 0.2) is 48.7 Å². The van der Waals surface area contributed by atoms with Crippen molar-refractivity contribution in [3.8, 4) is 0 Å². The molecule has 3 aromatic rings. The number of aromatic nitrogens is 1. The van der Waals surface area contributed by atoms with Crippen LogP contribution in [0.1, 0.15) is 30.0 Å². The maximum absolute atomic E-state index is 12.4. The van der Waals surface area contributed by atoms with E-state index in [1.807, 2.05) is 56.4 Å². The predicted molar refractivity (Wildman–Crippen MR) is 113 cm³/mol. The average molecular weight is 377 g/mol. The quantitative estimate of drug-likeness (QED) is 0.648. The van der Waals surface area contributed by atoms with Crippen LogP contribution in [0.25, 0.3) is 10.9 Å². The first kappa shape index (κ1) is 19.7. The molecule has 0 atom stereocenters. The Morgan fingerprint density at radius 1 is 1.07 bits per heavy atom. The minimum Gasteiger partial charge on any atom is -0.361 e. The number of amides is 2. The Labute approximate surface area is 165 Å². The molecule has 0 saturated heterocycles. The van der Waals surface area contributed by atoms with Gasteiger partial charge in [-0.3, -0.25) is 9.59 Å². The van der Waals surface area contributed by atoms with E-state index in [0.29, 0.717) is 13.1 Å². The second-order valence-corrected chi connectivity index (χ2v) is 7.23. The average Bonchev–Trinajstić information content (AvgIpc) is 3.07. The largest absolute Gasteiger partial charge is 0.361 e. The van der Waals surface area contributed by atoms with Crippen molar-refractivity contribution in [1.29, 1.82) is 0 Å². The maximum Gasteiger partial charge on any atom is 0.226 e. The number of H-pyrrole nitrogens is 1. The summed E-state index contributed by atoms with van der Waals surface area (Å²) in [5, 5.41) is 4.14. The molecule has 5 nitrogen and oxygen atoms in total. The normalized spacial score (nSPS) is 10.8. The van der Waals surface area contributed by atoms with Gasteiger partial charge < -0.3 is 15.2 Å². The summed E-state index contributed by atoms with van der Waals surface area (Å²) in [6, 6.07) is 14.1. The molecule has 2 aromatic carbocycles. The standard InChI is InChI=1S/C23H27N3O2/c1-16-8-9-17(2)22(14-16)25-23(28)11-13-26(18(3)27)12-10-19-15-24-21-7-5-4-6-20(19)21/h4-9,14-15,24H,10-13H2,1-3H3,(H,25,28). The molecule has 5 heteroatoms. The van der Waals surface area contributed by atoms with Gasteiger partial charge in [0.1, 0.15) is 0 Å². The number of aromatic amines is 1. The summed E-state index contributed by atoms with van der Waals surface area (Å²) >= 11 is 0. The molecule has 0 unspecified atom stereocenters. The molecule has 1 aromatic heterocycles. The number of carbonyl (C=O) groups is 2. The van der Waals surface area contributed by atoms with E-state index < -0.39 is 0 Å². The summed E-state index contributed by atoms with van der Waals surface area (Å²) in [6.07, 6.45) is 3.03. The topological polar surface area (TPSA) is 65.2 Å². The summed E-state index contributed by atoms with van der Waals surface area (Å²) in [6.45, 7) is 6.52. The van der Waals surface area contributed by atoms with E-state index in [9.17, 15) is 9.59 Å². The van der Waals surface area contributed by atoms with Crippen LogP contribution in [-0.4, -0.2) is 34.8 Å². The summed E-state index contributed by atoms with van der Waals surface area (Å²) in [7, 11) is 0. The smallest absolute Gasteiger partial charge is 0.226 e. The first-order chi connectivity index (χ1) is 13.4. The van der Waals surface area contributed by atoms with Crippen molar-refractivity contribution in [2.24, 2.45) is 0 Å². The number of aryl methyl sites for hydroxylation is 2. The van der Waals surface area contributed by atoms with Crippen molar-refractivity contribution < 1.29 is 9.59 Å². The van der Waals surface area contributed by atoms with Gasteiger partial charge in [0.05, 0.1) is 0 Å². The fraction of sp³-hybridized carbons (Fsp3) is 0.304. The molecular formula is C23H27N3O2. The lowest BCUT2D eigenvalue weighted by Crippen LogP contribution is -2.33. The number of para-hydroxylation sites is 1. The lowest BCUT2D eigenvalue weighted by atomic mass is 10.1. The van der Waals surface area contributed by atoms with E-state index in [2.05, 4.69) is 16.4 Å². The zero-order valence-corrected chi connectivity index (χ0v) is 16.7. The Hall–Kier alpha value is -3.08. The zero-order chi connectivity index (χ0) is 20.1. The predicted octanol–water partition coefficient (Wildman–Crippen LogP) is 4.20. The van der Waals surface area contributed by atoms with Crippen LogP contribution in [-0.2, 0) is 16.0 Å². The van der Waals surface area contributed by atoms with Gasteiger partial charge in [-0.05, 0) is 49.1 Å². The fourth-order valence-electron chi connectivity index (χ4n) is 3.34. The number of anilines is 1. The van der Waals surface area contributed by atoms with Crippen LogP contribution in [0, 0.1) is 13.8 Å². The van der Waals surface area contributed by atoms with E-state index in [1.165, 1.54) is 10.9 Å². The van der Waals surface area contributed by atoms with Crippen LogP contribution in [0.5, 0.6) is 0 Å². The SMILES string of the molecule is CC(=O)N(CCC(=O)Nc1cc(C)ccc1C)CCc1c[nH]c2ccccc12. The number of hydrogen-bond acceptors (Lipinski definition) is 2.